The van der Waals surface area contributed by atoms with Crippen molar-refractivity contribution in [2.75, 3.05) is 13.7 Å². The highest BCUT2D eigenvalue weighted by molar-refractivity contribution is 5.81. The molecule has 17 heavy (non-hydrogen) atoms. The van der Waals surface area contributed by atoms with Crippen LogP contribution in [0.2, 0.25) is 0 Å². The molecule has 0 saturated heterocycles. The molecule has 0 aromatic rings. The molecule has 4 nitrogen and oxygen atoms in total. The quantitative estimate of drug-likeness (QED) is 0.649. The van der Waals surface area contributed by atoms with E-state index in [2.05, 4.69) is 31.4 Å². The lowest BCUT2D eigenvalue weighted by Crippen LogP contribution is -2.50. The molecule has 0 aliphatic rings. The van der Waals surface area contributed by atoms with Crippen molar-refractivity contribution in [1.82, 2.24) is 10.6 Å². The number of methoxy groups -OCH3 is 1. The summed E-state index contributed by atoms with van der Waals surface area (Å²) in [6, 6.07) is 0.354. The van der Waals surface area contributed by atoms with Crippen molar-refractivity contribution in [3.05, 3.63) is 0 Å². The minimum absolute atomic E-state index is 0.0771. The summed E-state index contributed by atoms with van der Waals surface area (Å²) in [5.74, 6) is 0.0771. The summed E-state index contributed by atoms with van der Waals surface area (Å²) in [7, 11) is 1.68. The van der Waals surface area contributed by atoms with Gasteiger partial charge in [-0.1, -0.05) is 20.8 Å². The Bertz CT molecular complexity index is 206. The number of carbonyl (C=O) groups is 1. The van der Waals surface area contributed by atoms with Gasteiger partial charge < -0.3 is 15.4 Å². The zero-order valence-corrected chi connectivity index (χ0v) is 11.9. The van der Waals surface area contributed by atoms with Gasteiger partial charge in [-0.2, -0.15) is 0 Å². The molecule has 0 rings (SSSR count). The van der Waals surface area contributed by atoms with E-state index in [0.29, 0.717) is 6.61 Å². The number of amides is 1. The summed E-state index contributed by atoms with van der Waals surface area (Å²) in [5, 5.41) is 6.33. The number of nitrogens with one attached hydrogen (secondary N) is 2. The highest BCUT2D eigenvalue weighted by atomic mass is 16.5. The third-order valence-electron chi connectivity index (χ3n) is 3.07. The predicted molar refractivity (Wildman–Crippen MR) is 71.1 cm³/mol. The molecule has 0 aromatic heterocycles. The smallest absolute Gasteiger partial charge is 0.237 e. The first-order chi connectivity index (χ1) is 8.08. The number of carbonyl (C=O) groups excluding carboxylic acids is 1. The summed E-state index contributed by atoms with van der Waals surface area (Å²) < 4.78 is 5.10. The highest BCUT2D eigenvalue weighted by Crippen LogP contribution is 1.99. The molecule has 2 N–H and O–H groups in total. The largest absolute Gasteiger partial charge is 0.383 e. The Balaban J connectivity index is 4.10. The summed E-state index contributed by atoms with van der Waals surface area (Å²) in [6.45, 7) is 8.80. The zero-order chi connectivity index (χ0) is 13.3. The maximum Gasteiger partial charge on any atom is 0.237 e. The van der Waals surface area contributed by atoms with Gasteiger partial charge in [0.05, 0.1) is 12.6 Å². The van der Waals surface area contributed by atoms with E-state index in [1.165, 1.54) is 0 Å². The van der Waals surface area contributed by atoms with E-state index in [1.54, 1.807) is 7.11 Å². The molecule has 2 unspecified atom stereocenters. The van der Waals surface area contributed by atoms with E-state index in [4.69, 9.17) is 4.74 Å². The Morgan fingerprint density at radius 2 is 1.65 bits per heavy atom. The standard InChI is InChI=1S/C13H28N2O2/c1-6-11(7-2)15-13(16)10(4)14-12(8-3)9-17-5/h10-12,14H,6-9H2,1-5H3,(H,15,16). The normalized spacial score (nSPS) is 14.7. The van der Waals surface area contributed by atoms with Crippen molar-refractivity contribution in [2.24, 2.45) is 0 Å². The fourth-order valence-corrected chi connectivity index (χ4v) is 1.73. The number of ether oxygens (including phenoxy) is 1. The van der Waals surface area contributed by atoms with Crippen molar-refractivity contribution in [2.45, 2.75) is 65.1 Å². The number of hydrogen-bond acceptors (Lipinski definition) is 3. The van der Waals surface area contributed by atoms with E-state index >= 15 is 0 Å². The Labute approximate surface area is 105 Å². The fourth-order valence-electron chi connectivity index (χ4n) is 1.73. The van der Waals surface area contributed by atoms with Gasteiger partial charge in [-0.3, -0.25) is 4.79 Å². The Morgan fingerprint density at radius 1 is 1.12 bits per heavy atom. The van der Waals surface area contributed by atoms with E-state index in [9.17, 15) is 4.79 Å². The third-order valence-corrected chi connectivity index (χ3v) is 3.07. The minimum atomic E-state index is -0.171. The minimum Gasteiger partial charge on any atom is -0.383 e. The molecule has 0 aromatic carbocycles. The maximum absolute atomic E-state index is 11.9. The fraction of sp³-hybridized carbons (Fsp3) is 0.923. The number of rotatable bonds is 9. The van der Waals surface area contributed by atoms with E-state index < -0.39 is 0 Å². The van der Waals surface area contributed by atoms with Gasteiger partial charge in [0.2, 0.25) is 5.91 Å². The lowest BCUT2D eigenvalue weighted by atomic mass is 10.1. The van der Waals surface area contributed by atoms with Gasteiger partial charge in [0, 0.05) is 19.2 Å². The van der Waals surface area contributed by atoms with Gasteiger partial charge in [-0.15, -0.1) is 0 Å². The average Bonchev–Trinajstić information content (AvgIpc) is 2.34. The molecule has 0 aliphatic heterocycles. The second-order valence-corrected chi connectivity index (χ2v) is 4.47. The van der Waals surface area contributed by atoms with E-state index in [1.807, 2.05) is 6.92 Å². The molecule has 0 aliphatic carbocycles. The highest BCUT2D eigenvalue weighted by Gasteiger charge is 2.18. The van der Waals surface area contributed by atoms with Crippen molar-refractivity contribution in [3.63, 3.8) is 0 Å². The second-order valence-electron chi connectivity index (χ2n) is 4.47. The zero-order valence-electron chi connectivity index (χ0n) is 11.9. The third kappa shape index (κ3) is 6.64. The van der Waals surface area contributed by atoms with Gasteiger partial charge in [0.15, 0.2) is 0 Å². The molecule has 0 heterocycles. The molecule has 2 atom stereocenters. The molecule has 0 fully saturated rings. The van der Waals surface area contributed by atoms with Crippen LogP contribution in [0.5, 0.6) is 0 Å². The summed E-state index contributed by atoms with van der Waals surface area (Å²) >= 11 is 0. The van der Waals surface area contributed by atoms with Gasteiger partial charge >= 0.3 is 0 Å². The first-order valence-corrected chi connectivity index (χ1v) is 6.64. The summed E-state index contributed by atoms with van der Waals surface area (Å²) in [4.78, 5) is 11.9. The van der Waals surface area contributed by atoms with Crippen LogP contribution in [0.4, 0.5) is 0 Å². The van der Waals surface area contributed by atoms with Crippen LogP contribution in [0.1, 0.15) is 47.0 Å². The topological polar surface area (TPSA) is 50.4 Å². The molecule has 0 bridgehead atoms. The van der Waals surface area contributed by atoms with Crippen LogP contribution in [0.3, 0.4) is 0 Å². The Morgan fingerprint density at radius 3 is 2.06 bits per heavy atom. The SMILES string of the molecule is CCC(CC)NC(=O)C(C)NC(CC)COC. The lowest BCUT2D eigenvalue weighted by Gasteiger charge is -2.23. The molecule has 0 saturated carbocycles. The summed E-state index contributed by atoms with van der Waals surface area (Å²) in [6.07, 6.45) is 2.91. The van der Waals surface area contributed by atoms with Crippen LogP contribution in [0.25, 0.3) is 0 Å². The predicted octanol–water partition coefficient (Wildman–Crippen LogP) is 1.69. The van der Waals surface area contributed by atoms with Crippen LogP contribution in [0, 0.1) is 0 Å². The first kappa shape index (κ1) is 16.4. The van der Waals surface area contributed by atoms with Crippen molar-refractivity contribution in [3.8, 4) is 0 Å². The average molecular weight is 244 g/mol. The monoisotopic (exact) mass is 244 g/mol. The van der Waals surface area contributed by atoms with Crippen LogP contribution >= 0.6 is 0 Å². The second kappa shape index (κ2) is 9.42. The van der Waals surface area contributed by atoms with Gasteiger partial charge in [0.1, 0.15) is 0 Å². The van der Waals surface area contributed by atoms with Crippen LogP contribution in [-0.4, -0.2) is 37.7 Å². The van der Waals surface area contributed by atoms with Crippen LogP contribution in [0.15, 0.2) is 0 Å². The van der Waals surface area contributed by atoms with Crippen molar-refractivity contribution >= 4 is 5.91 Å². The van der Waals surface area contributed by atoms with Gasteiger partial charge in [-0.05, 0) is 26.2 Å². The molecule has 4 heteroatoms. The molecule has 0 radical (unpaired) electrons. The summed E-state index contributed by atoms with van der Waals surface area (Å²) in [5.41, 5.74) is 0. The van der Waals surface area contributed by atoms with E-state index in [-0.39, 0.29) is 24.0 Å². The number of hydrogen-bond donors (Lipinski definition) is 2. The molecular weight excluding hydrogens is 216 g/mol. The van der Waals surface area contributed by atoms with Crippen LogP contribution < -0.4 is 10.6 Å². The maximum atomic E-state index is 11.9. The van der Waals surface area contributed by atoms with E-state index in [0.717, 1.165) is 19.3 Å². The Kier molecular flexibility index (Phi) is 9.09. The van der Waals surface area contributed by atoms with Gasteiger partial charge in [-0.25, -0.2) is 0 Å². The van der Waals surface area contributed by atoms with Crippen molar-refractivity contribution in [1.29, 1.82) is 0 Å². The van der Waals surface area contributed by atoms with Gasteiger partial charge in [0.25, 0.3) is 0 Å². The molecule has 0 spiro atoms. The van der Waals surface area contributed by atoms with Crippen LogP contribution in [-0.2, 0) is 9.53 Å². The molecule has 1 amide bonds. The van der Waals surface area contributed by atoms with Crippen molar-refractivity contribution < 1.29 is 9.53 Å². The molecule has 102 valence electrons. The Hall–Kier alpha value is -0.610. The molecular formula is C13H28N2O2. The first-order valence-electron chi connectivity index (χ1n) is 6.64. The lowest BCUT2D eigenvalue weighted by molar-refractivity contribution is -0.123.